The molecule has 2 rings (SSSR count). The second kappa shape index (κ2) is 3.46. The number of nitrogens with one attached hydrogen (secondary N) is 1. The quantitative estimate of drug-likeness (QED) is 0.848. The summed E-state index contributed by atoms with van der Waals surface area (Å²) in [7, 11) is 1.58. The first-order valence-electron chi connectivity index (χ1n) is 4.07. The number of fused-ring (bicyclic) bond motifs is 1. The lowest BCUT2D eigenvalue weighted by atomic mass is 10.2. The molecule has 0 saturated heterocycles. The molecule has 1 N–H and O–H groups in total. The van der Waals surface area contributed by atoms with Crippen LogP contribution in [0, 0.1) is 0 Å². The van der Waals surface area contributed by atoms with Crippen LogP contribution in [0.3, 0.4) is 0 Å². The zero-order valence-corrected chi connectivity index (χ0v) is 9.09. The fourth-order valence-electron chi connectivity index (χ4n) is 1.30. The van der Waals surface area contributed by atoms with Crippen molar-refractivity contribution in [2.24, 2.45) is 0 Å². The second-order valence-electron chi connectivity index (χ2n) is 2.88. The molecule has 2 aromatic rings. The molecule has 72 valence electrons. The summed E-state index contributed by atoms with van der Waals surface area (Å²) in [5, 5.41) is 0.624. The maximum absolute atomic E-state index is 11.7. The third kappa shape index (κ3) is 1.42. The topological polar surface area (TPSA) is 42.1 Å². The van der Waals surface area contributed by atoms with Crippen molar-refractivity contribution in [1.82, 2.24) is 4.98 Å². The molecule has 0 bridgehead atoms. The van der Waals surface area contributed by atoms with Crippen LogP contribution in [0.1, 0.15) is 0 Å². The van der Waals surface area contributed by atoms with Crippen molar-refractivity contribution in [3.05, 3.63) is 39.1 Å². The zero-order chi connectivity index (χ0) is 10.1. The van der Waals surface area contributed by atoms with Crippen LogP contribution >= 0.6 is 15.9 Å². The van der Waals surface area contributed by atoms with Crippen molar-refractivity contribution in [1.29, 1.82) is 0 Å². The van der Waals surface area contributed by atoms with Crippen LogP contribution in [0.4, 0.5) is 0 Å². The maximum Gasteiger partial charge on any atom is 0.203 e. The monoisotopic (exact) mass is 253 g/mol. The third-order valence-electron chi connectivity index (χ3n) is 2.04. The van der Waals surface area contributed by atoms with E-state index in [1.807, 2.05) is 12.1 Å². The number of methoxy groups -OCH3 is 1. The van der Waals surface area contributed by atoms with Crippen molar-refractivity contribution in [2.45, 2.75) is 0 Å². The van der Waals surface area contributed by atoms with E-state index in [9.17, 15) is 4.79 Å². The fraction of sp³-hybridized carbons (Fsp3) is 0.100. The Morgan fingerprint density at radius 3 is 2.93 bits per heavy atom. The van der Waals surface area contributed by atoms with Crippen LogP contribution in [0.2, 0.25) is 0 Å². The van der Waals surface area contributed by atoms with Crippen molar-refractivity contribution in [3.8, 4) is 5.75 Å². The first-order valence-corrected chi connectivity index (χ1v) is 4.86. The highest BCUT2D eigenvalue weighted by molar-refractivity contribution is 9.10. The summed E-state index contributed by atoms with van der Waals surface area (Å²) in [6.07, 6.45) is 1.64. The largest absolute Gasteiger partial charge is 0.497 e. The van der Waals surface area contributed by atoms with E-state index in [1.165, 1.54) is 0 Å². The SMILES string of the molecule is COc1ccc2[nH]cc(Br)c(=O)c2c1. The highest BCUT2D eigenvalue weighted by Crippen LogP contribution is 2.17. The number of hydrogen-bond donors (Lipinski definition) is 1. The normalized spacial score (nSPS) is 10.4. The highest BCUT2D eigenvalue weighted by atomic mass is 79.9. The molecule has 4 heteroatoms. The Bertz CT molecular complexity index is 533. The van der Waals surface area contributed by atoms with E-state index < -0.39 is 0 Å². The molecule has 0 fully saturated rings. The average Bonchev–Trinajstić information content (AvgIpc) is 2.23. The van der Waals surface area contributed by atoms with Gasteiger partial charge in [0.1, 0.15) is 5.75 Å². The Labute approximate surface area is 88.8 Å². The highest BCUT2D eigenvalue weighted by Gasteiger charge is 2.03. The molecular formula is C10H8BrNO2. The molecule has 1 aromatic heterocycles. The summed E-state index contributed by atoms with van der Waals surface area (Å²) >= 11 is 3.18. The number of H-pyrrole nitrogens is 1. The lowest BCUT2D eigenvalue weighted by Gasteiger charge is -2.01. The van der Waals surface area contributed by atoms with Gasteiger partial charge in [-0.1, -0.05) is 0 Å². The van der Waals surface area contributed by atoms with E-state index in [0.29, 0.717) is 15.6 Å². The molecule has 0 unspecified atom stereocenters. The standard InChI is InChI=1S/C10H8BrNO2/c1-14-6-2-3-9-7(4-6)10(13)8(11)5-12-9/h2-5H,1H3,(H,12,13). The molecule has 0 amide bonds. The summed E-state index contributed by atoms with van der Waals surface area (Å²) < 4.78 is 5.58. The summed E-state index contributed by atoms with van der Waals surface area (Å²) in [6, 6.07) is 5.35. The van der Waals surface area contributed by atoms with Gasteiger partial charge in [0.15, 0.2) is 0 Å². The van der Waals surface area contributed by atoms with Crippen molar-refractivity contribution in [3.63, 3.8) is 0 Å². The van der Waals surface area contributed by atoms with Gasteiger partial charge >= 0.3 is 0 Å². The van der Waals surface area contributed by atoms with Gasteiger partial charge in [0.2, 0.25) is 5.43 Å². The lowest BCUT2D eigenvalue weighted by molar-refractivity contribution is 0.415. The van der Waals surface area contributed by atoms with E-state index in [0.717, 1.165) is 5.52 Å². The minimum Gasteiger partial charge on any atom is -0.497 e. The zero-order valence-electron chi connectivity index (χ0n) is 7.50. The van der Waals surface area contributed by atoms with Crippen LogP contribution in [0.15, 0.2) is 33.7 Å². The Morgan fingerprint density at radius 1 is 1.43 bits per heavy atom. The smallest absolute Gasteiger partial charge is 0.203 e. The van der Waals surface area contributed by atoms with E-state index in [-0.39, 0.29) is 5.43 Å². The number of hydrogen-bond acceptors (Lipinski definition) is 2. The van der Waals surface area contributed by atoms with Gasteiger partial charge in [0.05, 0.1) is 17.0 Å². The van der Waals surface area contributed by atoms with Crippen LogP contribution in [0.5, 0.6) is 5.75 Å². The Balaban J connectivity index is 2.85. The van der Waals surface area contributed by atoms with Gasteiger partial charge in [-0.05, 0) is 34.1 Å². The van der Waals surface area contributed by atoms with Gasteiger partial charge in [-0.2, -0.15) is 0 Å². The summed E-state index contributed by atoms with van der Waals surface area (Å²) in [5.41, 5.74) is 0.775. The molecule has 3 nitrogen and oxygen atoms in total. The predicted molar refractivity (Wildman–Crippen MR) is 58.8 cm³/mol. The fourth-order valence-corrected chi connectivity index (χ4v) is 1.63. The molecule has 0 aliphatic rings. The number of halogens is 1. The first-order chi connectivity index (χ1) is 6.72. The summed E-state index contributed by atoms with van der Waals surface area (Å²) in [4.78, 5) is 14.7. The van der Waals surface area contributed by atoms with E-state index in [1.54, 1.807) is 19.4 Å². The number of ether oxygens (including phenoxy) is 1. The summed E-state index contributed by atoms with van der Waals surface area (Å²) in [5.74, 6) is 0.682. The van der Waals surface area contributed by atoms with E-state index in [4.69, 9.17) is 4.74 Å². The molecule has 1 aromatic carbocycles. The maximum atomic E-state index is 11.7. The molecule has 0 saturated carbocycles. The number of benzene rings is 1. The van der Waals surface area contributed by atoms with Crippen molar-refractivity contribution >= 4 is 26.8 Å². The van der Waals surface area contributed by atoms with Crippen molar-refractivity contribution < 1.29 is 4.74 Å². The summed E-state index contributed by atoms with van der Waals surface area (Å²) in [6.45, 7) is 0. The van der Waals surface area contributed by atoms with E-state index in [2.05, 4.69) is 20.9 Å². The molecule has 0 atom stereocenters. The van der Waals surface area contributed by atoms with Gasteiger partial charge in [-0.25, -0.2) is 0 Å². The lowest BCUT2D eigenvalue weighted by Crippen LogP contribution is -2.03. The van der Waals surface area contributed by atoms with Crippen molar-refractivity contribution in [2.75, 3.05) is 7.11 Å². The average molecular weight is 254 g/mol. The van der Waals surface area contributed by atoms with E-state index >= 15 is 0 Å². The van der Waals surface area contributed by atoms with Gasteiger partial charge in [0, 0.05) is 11.7 Å². The van der Waals surface area contributed by atoms with Gasteiger partial charge < -0.3 is 9.72 Å². The minimum atomic E-state index is -0.0300. The Morgan fingerprint density at radius 2 is 2.21 bits per heavy atom. The third-order valence-corrected chi connectivity index (χ3v) is 2.63. The van der Waals surface area contributed by atoms with Crippen LogP contribution in [-0.4, -0.2) is 12.1 Å². The van der Waals surface area contributed by atoms with Gasteiger partial charge in [-0.3, -0.25) is 4.79 Å². The molecular weight excluding hydrogens is 246 g/mol. The predicted octanol–water partition coefficient (Wildman–Crippen LogP) is 2.30. The molecule has 0 spiro atoms. The molecule has 1 heterocycles. The number of rotatable bonds is 1. The molecule has 0 aliphatic heterocycles. The molecule has 0 radical (unpaired) electrons. The number of aromatic nitrogens is 1. The number of pyridine rings is 1. The molecule has 14 heavy (non-hydrogen) atoms. The number of aromatic amines is 1. The van der Waals surface area contributed by atoms with Gasteiger partial charge in [-0.15, -0.1) is 0 Å². The minimum absolute atomic E-state index is 0.0300. The first kappa shape index (κ1) is 9.27. The second-order valence-corrected chi connectivity index (χ2v) is 3.73. The van der Waals surface area contributed by atoms with Crippen LogP contribution < -0.4 is 10.2 Å². The van der Waals surface area contributed by atoms with Crippen LogP contribution in [0.25, 0.3) is 10.9 Å². The van der Waals surface area contributed by atoms with Crippen LogP contribution in [-0.2, 0) is 0 Å². The van der Waals surface area contributed by atoms with Gasteiger partial charge in [0.25, 0.3) is 0 Å². The molecule has 0 aliphatic carbocycles. The Hall–Kier alpha value is -1.29. The Kier molecular flexibility index (Phi) is 2.29.